The molecule has 6 heteroatoms. The highest BCUT2D eigenvalue weighted by Crippen LogP contribution is 2.21. The van der Waals surface area contributed by atoms with Gasteiger partial charge in [0.25, 0.3) is 0 Å². The standard InChI is InChI=1S/C30H24N2O4/c33-27(31-25-17-9-7-15-23(25)29(35)21-11-3-1-4-12-21)19-20-28(34)32-26-18-10-8-16-24(26)30(36)22-13-5-2-6-14-22/h1-18H,19-20H2,(H,31,33)(H,32,34). The van der Waals surface area contributed by atoms with E-state index < -0.39 is 11.8 Å². The van der Waals surface area contributed by atoms with Crippen LogP contribution >= 0.6 is 0 Å². The second-order valence-corrected chi connectivity index (χ2v) is 8.08. The average Bonchev–Trinajstić information content (AvgIpc) is 2.93. The van der Waals surface area contributed by atoms with E-state index in [0.717, 1.165) is 0 Å². The predicted molar refractivity (Wildman–Crippen MR) is 139 cm³/mol. The molecule has 0 bridgehead atoms. The van der Waals surface area contributed by atoms with Gasteiger partial charge in [0.2, 0.25) is 11.8 Å². The molecule has 4 rings (SSSR count). The van der Waals surface area contributed by atoms with Crippen molar-refractivity contribution in [1.29, 1.82) is 0 Å². The van der Waals surface area contributed by atoms with Gasteiger partial charge in [0.15, 0.2) is 11.6 Å². The number of para-hydroxylation sites is 2. The summed E-state index contributed by atoms with van der Waals surface area (Å²) in [4.78, 5) is 50.9. The number of hydrogen-bond donors (Lipinski definition) is 2. The molecular formula is C30H24N2O4. The van der Waals surface area contributed by atoms with E-state index in [2.05, 4.69) is 10.6 Å². The highest BCUT2D eigenvalue weighted by atomic mass is 16.2. The molecule has 6 nitrogen and oxygen atoms in total. The second kappa shape index (κ2) is 11.5. The molecule has 0 fully saturated rings. The van der Waals surface area contributed by atoms with Crippen LogP contribution in [0, 0.1) is 0 Å². The SMILES string of the molecule is O=C(CCC(=O)Nc1ccccc1C(=O)c1ccccc1)Nc1ccccc1C(=O)c1ccccc1. The lowest BCUT2D eigenvalue weighted by Gasteiger charge is -2.12. The maximum atomic E-state index is 12.9. The average molecular weight is 477 g/mol. The summed E-state index contributed by atoms with van der Waals surface area (Å²) in [7, 11) is 0. The lowest BCUT2D eigenvalue weighted by molar-refractivity contribution is -0.121. The van der Waals surface area contributed by atoms with E-state index in [4.69, 9.17) is 0 Å². The number of nitrogens with one attached hydrogen (secondary N) is 2. The van der Waals surface area contributed by atoms with Crippen molar-refractivity contribution in [3.8, 4) is 0 Å². The largest absolute Gasteiger partial charge is 0.325 e. The Morgan fingerprint density at radius 3 is 1.17 bits per heavy atom. The maximum absolute atomic E-state index is 12.9. The molecule has 0 heterocycles. The summed E-state index contributed by atoms with van der Waals surface area (Å²) in [5, 5.41) is 5.48. The lowest BCUT2D eigenvalue weighted by Crippen LogP contribution is -2.19. The van der Waals surface area contributed by atoms with Gasteiger partial charge in [-0.2, -0.15) is 0 Å². The number of rotatable bonds is 9. The van der Waals surface area contributed by atoms with Crippen LogP contribution in [0.4, 0.5) is 11.4 Å². The van der Waals surface area contributed by atoms with Crippen LogP contribution in [-0.2, 0) is 9.59 Å². The van der Waals surface area contributed by atoms with Crippen molar-refractivity contribution < 1.29 is 19.2 Å². The monoisotopic (exact) mass is 476 g/mol. The lowest BCUT2D eigenvalue weighted by atomic mass is 10.0. The van der Waals surface area contributed by atoms with Crippen LogP contribution in [0.15, 0.2) is 109 Å². The van der Waals surface area contributed by atoms with Crippen molar-refractivity contribution in [1.82, 2.24) is 0 Å². The van der Waals surface area contributed by atoms with Gasteiger partial charge in [-0.15, -0.1) is 0 Å². The van der Waals surface area contributed by atoms with Crippen molar-refractivity contribution in [3.05, 3.63) is 131 Å². The van der Waals surface area contributed by atoms with Gasteiger partial charge in [-0.25, -0.2) is 0 Å². The van der Waals surface area contributed by atoms with Gasteiger partial charge >= 0.3 is 0 Å². The minimum Gasteiger partial charge on any atom is -0.325 e. The highest BCUT2D eigenvalue weighted by molar-refractivity contribution is 6.15. The summed E-state index contributed by atoms with van der Waals surface area (Å²) >= 11 is 0. The Labute approximate surface area is 209 Å². The predicted octanol–water partition coefficient (Wildman–Crippen LogP) is 5.51. The topological polar surface area (TPSA) is 92.3 Å². The van der Waals surface area contributed by atoms with Crippen LogP contribution < -0.4 is 10.6 Å². The fraction of sp³-hybridized carbons (Fsp3) is 0.0667. The smallest absolute Gasteiger partial charge is 0.224 e. The van der Waals surface area contributed by atoms with Crippen LogP contribution in [0.25, 0.3) is 0 Å². The van der Waals surface area contributed by atoms with Crippen molar-refractivity contribution in [2.75, 3.05) is 10.6 Å². The number of carbonyl (C=O) groups is 4. The van der Waals surface area contributed by atoms with E-state index in [-0.39, 0.29) is 24.4 Å². The first-order chi connectivity index (χ1) is 17.5. The first kappa shape index (κ1) is 24.3. The molecule has 0 radical (unpaired) electrons. The first-order valence-corrected chi connectivity index (χ1v) is 11.5. The van der Waals surface area contributed by atoms with Gasteiger partial charge in [-0.3, -0.25) is 19.2 Å². The summed E-state index contributed by atoms with van der Waals surface area (Å²) in [6, 6.07) is 31.1. The molecule has 4 aromatic carbocycles. The fourth-order valence-corrected chi connectivity index (χ4v) is 3.72. The summed E-state index contributed by atoms with van der Waals surface area (Å²) in [6.45, 7) is 0. The molecule has 2 N–H and O–H groups in total. The van der Waals surface area contributed by atoms with E-state index in [1.54, 1.807) is 97.1 Å². The maximum Gasteiger partial charge on any atom is 0.224 e. The van der Waals surface area contributed by atoms with Gasteiger partial charge in [0.1, 0.15) is 0 Å². The third kappa shape index (κ3) is 5.98. The van der Waals surface area contributed by atoms with Gasteiger partial charge < -0.3 is 10.6 Å². The highest BCUT2D eigenvalue weighted by Gasteiger charge is 2.17. The third-order valence-corrected chi connectivity index (χ3v) is 5.54. The second-order valence-electron chi connectivity index (χ2n) is 8.08. The zero-order chi connectivity index (χ0) is 25.3. The van der Waals surface area contributed by atoms with Crippen molar-refractivity contribution in [2.24, 2.45) is 0 Å². The van der Waals surface area contributed by atoms with E-state index >= 15 is 0 Å². The number of carbonyl (C=O) groups excluding carboxylic acids is 4. The van der Waals surface area contributed by atoms with Crippen molar-refractivity contribution >= 4 is 34.8 Å². The minimum absolute atomic E-state index is 0.0888. The zero-order valence-electron chi connectivity index (χ0n) is 19.4. The van der Waals surface area contributed by atoms with Gasteiger partial charge in [-0.1, -0.05) is 84.9 Å². The van der Waals surface area contributed by atoms with Crippen LogP contribution in [0.5, 0.6) is 0 Å². The third-order valence-electron chi connectivity index (χ3n) is 5.54. The Kier molecular flexibility index (Phi) is 7.78. The van der Waals surface area contributed by atoms with Crippen LogP contribution in [0.3, 0.4) is 0 Å². The molecule has 0 atom stereocenters. The van der Waals surface area contributed by atoms with E-state index in [9.17, 15) is 19.2 Å². The van der Waals surface area contributed by atoms with Crippen molar-refractivity contribution in [3.63, 3.8) is 0 Å². The Morgan fingerprint density at radius 2 is 0.778 bits per heavy atom. The molecule has 0 saturated heterocycles. The summed E-state index contributed by atoms with van der Waals surface area (Å²) < 4.78 is 0. The van der Waals surface area contributed by atoms with E-state index in [0.29, 0.717) is 33.6 Å². The quantitative estimate of drug-likeness (QED) is 0.312. The molecular weight excluding hydrogens is 452 g/mol. The Hall–Kier alpha value is -4.84. The molecule has 0 aliphatic heterocycles. The minimum atomic E-state index is -0.396. The Bertz CT molecular complexity index is 1290. The van der Waals surface area contributed by atoms with Gasteiger partial charge in [0.05, 0.1) is 11.4 Å². The summed E-state index contributed by atoms with van der Waals surface area (Å²) in [5.74, 6) is -1.20. The number of amides is 2. The van der Waals surface area contributed by atoms with Crippen LogP contribution in [0.2, 0.25) is 0 Å². The number of anilines is 2. The molecule has 0 unspecified atom stereocenters. The number of benzene rings is 4. The van der Waals surface area contributed by atoms with Crippen molar-refractivity contribution in [2.45, 2.75) is 12.8 Å². The first-order valence-electron chi connectivity index (χ1n) is 11.5. The Balaban J connectivity index is 1.38. The van der Waals surface area contributed by atoms with Crippen LogP contribution in [-0.4, -0.2) is 23.4 Å². The normalized spacial score (nSPS) is 10.3. The summed E-state index contributed by atoms with van der Waals surface area (Å²) in [6.07, 6.45) is -0.178. The molecule has 178 valence electrons. The molecule has 0 saturated carbocycles. The van der Waals surface area contributed by atoms with Gasteiger partial charge in [-0.05, 0) is 24.3 Å². The molecule has 0 aliphatic carbocycles. The van der Waals surface area contributed by atoms with Crippen LogP contribution in [0.1, 0.15) is 44.7 Å². The zero-order valence-corrected chi connectivity index (χ0v) is 19.4. The molecule has 4 aromatic rings. The Morgan fingerprint density at radius 1 is 0.444 bits per heavy atom. The summed E-state index contributed by atoms with van der Waals surface area (Å²) in [5.41, 5.74) is 2.54. The molecule has 36 heavy (non-hydrogen) atoms. The number of ketones is 2. The molecule has 0 aromatic heterocycles. The molecule has 2 amide bonds. The van der Waals surface area contributed by atoms with E-state index in [1.807, 2.05) is 12.1 Å². The molecule has 0 aliphatic rings. The molecule has 0 spiro atoms. The van der Waals surface area contributed by atoms with E-state index in [1.165, 1.54) is 0 Å². The van der Waals surface area contributed by atoms with Gasteiger partial charge in [0, 0.05) is 35.1 Å². The number of hydrogen-bond acceptors (Lipinski definition) is 4. The fourth-order valence-electron chi connectivity index (χ4n) is 3.72.